The third-order valence-corrected chi connectivity index (χ3v) is 4.84. The molecule has 3 rings (SSSR count). The summed E-state index contributed by atoms with van der Waals surface area (Å²) in [6.07, 6.45) is 1.02. The van der Waals surface area contributed by atoms with Crippen molar-refractivity contribution in [3.8, 4) is 0 Å². The zero-order valence-corrected chi connectivity index (χ0v) is 13.7. The molecule has 8 heteroatoms. The second kappa shape index (κ2) is 7.28. The number of aromatic nitrogens is 3. The van der Waals surface area contributed by atoms with Gasteiger partial charge in [0.05, 0.1) is 23.8 Å². The number of hydrogen-bond donors (Lipinski definition) is 1. The van der Waals surface area contributed by atoms with Gasteiger partial charge in [-0.2, -0.15) is 4.98 Å². The zero-order chi connectivity index (χ0) is 15.4. The molecule has 0 aromatic carbocycles. The Hall–Kier alpha value is -1.35. The highest BCUT2D eigenvalue weighted by molar-refractivity contribution is 7.09. The Morgan fingerprint density at radius 3 is 2.50 bits per heavy atom. The van der Waals surface area contributed by atoms with Crippen molar-refractivity contribution < 1.29 is 4.52 Å². The van der Waals surface area contributed by atoms with E-state index in [1.807, 2.05) is 0 Å². The van der Waals surface area contributed by atoms with Crippen molar-refractivity contribution in [2.24, 2.45) is 5.73 Å². The van der Waals surface area contributed by atoms with Crippen LogP contribution in [0.2, 0.25) is 0 Å². The average Bonchev–Trinajstić information content (AvgIpc) is 3.18. The maximum Gasteiger partial charge on any atom is 0.240 e. The smallest absolute Gasteiger partial charge is 0.240 e. The zero-order valence-electron chi connectivity index (χ0n) is 12.9. The minimum Gasteiger partial charge on any atom is -0.338 e. The first-order valence-electron chi connectivity index (χ1n) is 7.66. The van der Waals surface area contributed by atoms with Crippen LogP contribution in [0.3, 0.4) is 0 Å². The molecule has 0 unspecified atom stereocenters. The lowest BCUT2D eigenvalue weighted by molar-refractivity contribution is 0.118. The molecule has 0 spiro atoms. The van der Waals surface area contributed by atoms with Crippen LogP contribution in [0.4, 0.5) is 0 Å². The van der Waals surface area contributed by atoms with Crippen molar-refractivity contribution in [1.29, 1.82) is 0 Å². The lowest BCUT2D eigenvalue weighted by Gasteiger charge is -2.33. The number of thiazole rings is 1. The summed E-state index contributed by atoms with van der Waals surface area (Å²) >= 11 is 1.76. The minimum atomic E-state index is 0.300. The maximum absolute atomic E-state index is 5.48. The summed E-state index contributed by atoms with van der Waals surface area (Å²) in [5.74, 6) is 1.23. The second-order valence-electron chi connectivity index (χ2n) is 5.45. The van der Waals surface area contributed by atoms with Crippen LogP contribution < -0.4 is 5.73 Å². The van der Waals surface area contributed by atoms with Crippen molar-refractivity contribution in [3.63, 3.8) is 0 Å². The van der Waals surface area contributed by atoms with Gasteiger partial charge in [-0.1, -0.05) is 12.1 Å². The van der Waals surface area contributed by atoms with Crippen molar-refractivity contribution in [1.82, 2.24) is 24.9 Å². The fourth-order valence-electron chi connectivity index (χ4n) is 2.56. The average molecular weight is 322 g/mol. The monoisotopic (exact) mass is 322 g/mol. The number of piperazine rings is 1. The lowest BCUT2D eigenvalue weighted by atomic mass is 10.3. The summed E-state index contributed by atoms with van der Waals surface area (Å²) in [4.78, 5) is 13.7. The normalized spacial score (nSPS) is 17.2. The van der Waals surface area contributed by atoms with E-state index in [0.717, 1.165) is 51.5 Å². The first kappa shape index (κ1) is 15.5. The van der Waals surface area contributed by atoms with Gasteiger partial charge in [-0.15, -0.1) is 11.3 Å². The quantitative estimate of drug-likeness (QED) is 0.844. The van der Waals surface area contributed by atoms with Gasteiger partial charge in [0.25, 0.3) is 0 Å². The van der Waals surface area contributed by atoms with Gasteiger partial charge in [0.1, 0.15) is 0 Å². The molecule has 0 radical (unpaired) electrons. The van der Waals surface area contributed by atoms with E-state index in [-0.39, 0.29) is 0 Å². The van der Waals surface area contributed by atoms with Gasteiger partial charge in [0.2, 0.25) is 5.89 Å². The molecule has 1 fully saturated rings. The summed E-state index contributed by atoms with van der Waals surface area (Å²) in [6.45, 7) is 8.23. The van der Waals surface area contributed by atoms with Gasteiger partial charge in [-0.05, 0) is 6.42 Å². The SMILES string of the molecule is CCc1nc(CN2CCN(Cc3noc(CN)n3)CC2)cs1. The molecule has 2 aromatic rings. The number of aryl methyl sites for hydroxylation is 1. The van der Waals surface area contributed by atoms with E-state index in [0.29, 0.717) is 12.4 Å². The van der Waals surface area contributed by atoms with E-state index in [9.17, 15) is 0 Å². The molecule has 1 aliphatic heterocycles. The number of rotatable bonds is 6. The van der Waals surface area contributed by atoms with E-state index >= 15 is 0 Å². The summed E-state index contributed by atoms with van der Waals surface area (Å²) in [6, 6.07) is 0. The molecule has 0 saturated carbocycles. The first-order valence-corrected chi connectivity index (χ1v) is 8.54. The largest absolute Gasteiger partial charge is 0.338 e. The molecule has 1 saturated heterocycles. The third-order valence-electron chi connectivity index (χ3n) is 3.80. The highest BCUT2D eigenvalue weighted by Gasteiger charge is 2.19. The molecule has 120 valence electrons. The van der Waals surface area contributed by atoms with Gasteiger partial charge in [-0.3, -0.25) is 9.80 Å². The van der Waals surface area contributed by atoms with Crippen LogP contribution >= 0.6 is 11.3 Å². The van der Waals surface area contributed by atoms with Crippen molar-refractivity contribution in [3.05, 3.63) is 27.8 Å². The van der Waals surface area contributed by atoms with Crippen LogP contribution in [-0.4, -0.2) is 51.1 Å². The summed E-state index contributed by atoms with van der Waals surface area (Å²) in [7, 11) is 0. The number of nitrogens with two attached hydrogens (primary N) is 1. The molecular formula is C14H22N6OS. The standard InChI is InChI=1S/C14H22N6OS/c1-2-14-16-11(10-22-14)8-19-3-5-20(6-4-19)9-12-17-13(7-15)21-18-12/h10H,2-9,15H2,1H3. The van der Waals surface area contributed by atoms with Gasteiger partial charge < -0.3 is 10.3 Å². The minimum absolute atomic E-state index is 0.300. The van der Waals surface area contributed by atoms with E-state index in [1.165, 1.54) is 10.7 Å². The molecular weight excluding hydrogens is 300 g/mol. The molecule has 7 nitrogen and oxygen atoms in total. The Bertz CT molecular complexity index is 537. The number of hydrogen-bond acceptors (Lipinski definition) is 8. The van der Waals surface area contributed by atoms with Crippen molar-refractivity contribution >= 4 is 11.3 Å². The predicted molar refractivity (Wildman–Crippen MR) is 84.2 cm³/mol. The Morgan fingerprint density at radius 2 is 1.91 bits per heavy atom. The van der Waals surface area contributed by atoms with Gasteiger partial charge in [-0.25, -0.2) is 4.98 Å². The molecule has 1 aliphatic rings. The van der Waals surface area contributed by atoms with Crippen LogP contribution in [0, 0.1) is 0 Å². The van der Waals surface area contributed by atoms with E-state index in [1.54, 1.807) is 11.3 Å². The third kappa shape index (κ3) is 3.89. The molecule has 2 N–H and O–H groups in total. The van der Waals surface area contributed by atoms with Crippen LogP contribution in [0.25, 0.3) is 0 Å². The van der Waals surface area contributed by atoms with Crippen LogP contribution in [0.1, 0.15) is 29.3 Å². The number of nitrogens with zero attached hydrogens (tertiary/aromatic N) is 5. The topological polar surface area (TPSA) is 84.3 Å². The molecule has 0 atom stereocenters. The summed E-state index contributed by atoms with van der Waals surface area (Å²) in [5.41, 5.74) is 6.67. The van der Waals surface area contributed by atoms with Crippen LogP contribution in [0.15, 0.2) is 9.90 Å². The summed E-state index contributed by atoms with van der Waals surface area (Å²) in [5, 5.41) is 7.35. The molecule has 2 aromatic heterocycles. The Morgan fingerprint density at radius 1 is 1.18 bits per heavy atom. The fourth-order valence-corrected chi connectivity index (χ4v) is 3.29. The maximum atomic E-state index is 5.48. The van der Waals surface area contributed by atoms with Gasteiger partial charge in [0, 0.05) is 38.1 Å². The predicted octanol–water partition coefficient (Wildman–Crippen LogP) is 0.865. The molecule has 22 heavy (non-hydrogen) atoms. The Labute approximate surface area is 134 Å². The van der Waals surface area contributed by atoms with Crippen molar-refractivity contribution in [2.45, 2.75) is 33.0 Å². The highest BCUT2D eigenvalue weighted by atomic mass is 32.1. The first-order chi connectivity index (χ1) is 10.8. The Balaban J connectivity index is 1.45. The van der Waals surface area contributed by atoms with E-state index in [2.05, 4.69) is 37.2 Å². The van der Waals surface area contributed by atoms with Gasteiger partial charge >= 0.3 is 0 Å². The summed E-state index contributed by atoms with van der Waals surface area (Å²) < 4.78 is 5.04. The van der Waals surface area contributed by atoms with Gasteiger partial charge in [0.15, 0.2) is 5.82 Å². The lowest BCUT2D eigenvalue weighted by Crippen LogP contribution is -2.45. The van der Waals surface area contributed by atoms with E-state index < -0.39 is 0 Å². The molecule has 0 aliphatic carbocycles. The molecule has 0 bridgehead atoms. The highest BCUT2D eigenvalue weighted by Crippen LogP contribution is 2.14. The van der Waals surface area contributed by atoms with Crippen LogP contribution in [-0.2, 0) is 26.1 Å². The van der Waals surface area contributed by atoms with Crippen LogP contribution in [0.5, 0.6) is 0 Å². The molecule has 0 amide bonds. The second-order valence-corrected chi connectivity index (χ2v) is 6.39. The fraction of sp³-hybridized carbons (Fsp3) is 0.643. The molecule has 3 heterocycles. The van der Waals surface area contributed by atoms with E-state index in [4.69, 9.17) is 10.3 Å². The Kier molecular flexibility index (Phi) is 5.14. The van der Waals surface area contributed by atoms with Crippen molar-refractivity contribution in [2.75, 3.05) is 26.2 Å².